The third-order valence-electron chi connectivity index (χ3n) is 10.9. The van der Waals surface area contributed by atoms with Crippen LogP contribution >= 0.6 is 27.3 Å². The number of benzene rings is 3. The second-order valence-electron chi connectivity index (χ2n) is 14.8. The summed E-state index contributed by atoms with van der Waals surface area (Å²) in [6.07, 6.45) is 23.6. The van der Waals surface area contributed by atoms with Crippen molar-refractivity contribution in [3.63, 3.8) is 0 Å². The fraction of sp³-hybridized carbons (Fsp3) is 0.535. The summed E-state index contributed by atoms with van der Waals surface area (Å²) in [4.78, 5) is 3.46. The van der Waals surface area contributed by atoms with E-state index < -0.39 is 25.2 Å². The first kappa shape index (κ1) is 40.8. The Morgan fingerprint density at radius 2 is 1.06 bits per heavy atom. The summed E-state index contributed by atoms with van der Waals surface area (Å²) in [7, 11) is 11.7. The van der Waals surface area contributed by atoms with Crippen molar-refractivity contribution in [3.8, 4) is 0 Å². The molecular formula is C43H57Cl2F2N2PRu. The van der Waals surface area contributed by atoms with Crippen LogP contribution < -0.4 is 9.80 Å². The second-order valence-corrected chi connectivity index (χ2v) is 23.6. The van der Waals surface area contributed by atoms with Crippen molar-refractivity contribution in [2.75, 3.05) is 22.9 Å². The van der Waals surface area contributed by atoms with Gasteiger partial charge in [0.15, 0.2) is 0 Å². The summed E-state index contributed by atoms with van der Waals surface area (Å²) in [6.45, 7) is 10.4. The zero-order chi connectivity index (χ0) is 36.2. The predicted octanol–water partition coefficient (Wildman–Crippen LogP) is 13.4. The maximum atomic E-state index is 13.9. The molecule has 0 aromatic heterocycles. The molecule has 7 rings (SSSR count). The molecule has 0 amide bonds. The molecule has 4 fully saturated rings. The van der Waals surface area contributed by atoms with Gasteiger partial charge >= 0.3 is 73.4 Å². The van der Waals surface area contributed by atoms with Gasteiger partial charge in [-0.15, -0.1) is 0 Å². The van der Waals surface area contributed by atoms with Gasteiger partial charge in [0.1, 0.15) is 17.3 Å². The summed E-state index contributed by atoms with van der Waals surface area (Å²) in [5, 5.41) is 0. The average molecular weight is 843 g/mol. The van der Waals surface area contributed by atoms with Crippen LogP contribution in [-0.2, 0) is 13.5 Å². The summed E-state index contributed by atoms with van der Waals surface area (Å²) >= 11 is -1.61. The van der Waals surface area contributed by atoms with Gasteiger partial charge in [-0.3, -0.25) is 0 Å². The van der Waals surface area contributed by atoms with Crippen molar-refractivity contribution in [2.24, 2.45) is 0 Å². The molecule has 2 radical (unpaired) electrons. The Hall–Kier alpha value is -1.38. The summed E-state index contributed by atoms with van der Waals surface area (Å²) in [6, 6.07) is 18.0. The third-order valence-corrected chi connectivity index (χ3v) is 16.8. The summed E-state index contributed by atoms with van der Waals surface area (Å²) < 4.78 is 29.7. The van der Waals surface area contributed by atoms with Gasteiger partial charge in [-0.1, -0.05) is 89.5 Å². The van der Waals surface area contributed by atoms with Crippen LogP contribution in [0.25, 0.3) is 0 Å². The molecule has 3 saturated carbocycles. The number of halogens is 4. The minimum atomic E-state index is -1.61. The molecule has 4 aliphatic rings. The van der Waals surface area contributed by atoms with E-state index in [1.807, 2.05) is 53.7 Å². The normalized spacial score (nSPS) is 19.3. The number of hydrogen-bond acceptors (Lipinski definition) is 2. The third kappa shape index (κ3) is 12.1. The molecule has 0 spiro atoms. The first-order valence-electron chi connectivity index (χ1n) is 19.2. The summed E-state index contributed by atoms with van der Waals surface area (Å²) in [5.41, 5.74) is 9.19. The van der Waals surface area contributed by atoms with E-state index in [1.165, 1.54) is 64.9 Å². The van der Waals surface area contributed by atoms with E-state index in [9.17, 15) is 8.78 Å². The molecule has 3 aromatic carbocycles. The van der Waals surface area contributed by atoms with Crippen molar-refractivity contribution in [2.45, 2.75) is 134 Å². The molecule has 51 heavy (non-hydrogen) atoms. The van der Waals surface area contributed by atoms with Crippen LogP contribution in [0.15, 0.2) is 60.7 Å². The topological polar surface area (TPSA) is 6.48 Å². The van der Waals surface area contributed by atoms with Crippen molar-refractivity contribution >= 4 is 43.3 Å². The van der Waals surface area contributed by atoms with E-state index in [-0.39, 0.29) is 5.69 Å². The molecule has 0 atom stereocenters. The molecule has 1 heterocycles. The Kier molecular flexibility index (Phi) is 16.7. The Labute approximate surface area is 321 Å². The van der Waals surface area contributed by atoms with Crippen molar-refractivity contribution in [1.82, 2.24) is 0 Å². The molecule has 0 unspecified atom stereocenters. The van der Waals surface area contributed by atoms with Crippen LogP contribution in [0.1, 0.15) is 119 Å². The Morgan fingerprint density at radius 3 is 1.49 bits per heavy atom. The maximum absolute atomic E-state index is 13.9. The van der Waals surface area contributed by atoms with Crippen LogP contribution in [0.3, 0.4) is 0 Å². The molecule has 3 aromatic rings. The van der Waals surface area contributed by atoms with Crippen molar-refractivity contribution < 1.29 is 22.3 Å². The van der Waals surface area contributed by atoms with Gasteiger partial charge in [-0.25, -0.2) is 8.78 Å². The first-order valence-corrected chi connectivity index (χ1v) is 26.2. The predicted molar refractivity (Wildman–Crippen MR) is 216 cm³/mol. The van der Waals surface area contributed by atoms with Gasteiger partial charge < -0.3 is 9.80 Å². The zero-order valence-electron chi connectivity index (χ0n) is 30.8. The second kappa shape index (κ2) is 20.9. The zero-order valence-corrected chi connectivity index (χ0v) is 35.0. The molecule has 8 heteroatoms. The first-order chi connectivity index (χ1) is 24.7. The molecule has 280 valence electrons. The Morgan fingerprint density at radius 1 is 0.627 bits per heavy atom. The fourth-order valence-corrected chi connectivity index (χ4v) is 15.3. The van der Waals surface area contributed by atoms with Gasteiger partial charge in [0.25, 0.3) is 0 Å². The van der Waals surface area contributed by atoms with E-state index in [2.05, 4.69) is 25.7 Å². The van der Waals surface area contributed by atoms with Gasteiger partial charge in [-0.05, 0) is 99.5 Å². The van der Waals surface area contributed by atoms with E-state index in [4.69, 9.17) is 19.4 Å². The van der Waals surface area contributed by atoms with Crippen molar-refractivity contribution in [1.29, 1.82) is 0 Å². The van der Waals surface area contributed by atoms with Crippen LogP contribution in [0.4, 0.5) is 20.2 Å². The minimum absolute atomic E-state index is 0.0348. The molecule has 0 bridgehead atoms. The summed E-state index contributed by atoms with van der Waals surface area (Å²) in [5.74, 6) is -1.13. The van der Waals surface area contributed by atoms with Gasteiger partial charge in [0.05, 0.1) is 0 Å². The van der Waals surface area contributed by atoms with E-state index in [0.29, 0.717) is 21.0 Å². The SMILES string of the molecule is C1CCC(P(C2CCCCC2)C2CCCCC2)CC1.Cc1cc(C)c(N2[C]N(c3c(F)cccc3F)CC2)c(C)c1.[Cl][Ru]([Cl])=[CH]c1ccccc1. The molecule has 1 saturated heterocycles. The van der Waals surface area contributed by atoms with E-state index in [0.717, 1.165) is 22.4 Å². The van der Waals surface area contributed by atoms with Crippen LogP contribution in [0.2, 0.25) is 0 Å². The number of aryl methyl sites for hydroxylation is 3. The molecule has 3 aliphatic carbocycles. The van der Waals surface area contributed by atoms with Crippen LogP contribution in [0.5, 0.6) is 0 Å². The van der Waals surface area contributed by atoms with Crippen LogP contribution in [-0.4, -0.2) is 34.7 Å². The average Bonchev–Trinajstić information content (AvgIpc) is 3.59. The van der Waals surface area contributed by atoms with Gasteiger partial charge in [0.2, 0.25) is 6.67 Å². The van der Waals surface area contributed by atoms with Crippen LogP contribution in [0, 0.1) is 39.1 Å². The Balaban J connectivity index is 0.000000158. The Bertz CT molecular complexity index is 1450. The number of nitrogens with zero attached hydrogens (tertiary/aromatic N) is 2. The van der Waals surface area contributed by atoms with E-state index >= 15 is 0 Å². The number of hydrogen-bond donors (Lipinski definition) is 0. The monoisotopic (exact) mass is 842 g/mol. The number of rotatable bonds is 6. The van der Waals surface area contributed by atoms with Crippen molar-refractivity contribution in [3.05, 3.63) is 101 Å². The fourth-order valence-electron chi connectivity index (χ4n) is 8.76. The quantitative estimate of drug-likeness (QED) is 0.180. The molecular weight excluding hydrogens is 785 g/mol. The van der Waals surface area contributed by atoms with Gasteiger partial charge in [0, 0.05) is 18.8 Å². The molecule has 2 nitrogen and oxygen atoms in total. The number of anilines is 2. The molecule has 1 aliphatic heterocycles. The standard InChI is InChI=1S/C18H18F2N2.C18H33P.C7H6.2ClH.Ru/c1-12-9-13(2)17(14(3)10-12)21-7-8-22(11-21)18-15(19)5-4-6-16(18)20;1-4-10-16(11-5-1)19(17-12-6-2-7-13-17)18-14-8-3-9-15-18;1-7-5-3-2-4-6-7;;;/h4-6,9-10H,7-8H2,1-3H3;16-18H,1-15H2;1-6H;2*1H;/q;;;;;+2/p-2. The van der Waals surface area contributed by atoms with Gasteiger partial charge in [-0.2, -0.15) is 0 Å². The molecule has 0 N–H and O–H groups in total. The van der Waals surface area contributed by atoms with E-state index in [1.54, 1.807) is 77.0 Å². The number of para-hydroxylation sites is 1.